The van der Waals surface area contributed by atoms with Gasteiger partial charge in [-0.15, -0.1) is 0 Å². The molecule has 0 spiro atoms. The van der Waals surface area contributed by atoms with E-state index in [2.05, 4.69) is 5.32 Å². The van der Waals surface area contributed by atoms with E-state index in [1.165, 1.54) is 7.05 Å². The second-order valence-electron chi connectivity index (χ2n) is 7.39. The summed E-state index contributed by atoms with van der Waals surface area (Å²) in [4.78, 5) is 52.3. The molecular formula is C22H17N3O5S. The average molecular weight is 435 g/mol. The summed E-state index contributed by atoms with van der Waals surface area (Å²) in [6, 6.07) is 13.2. The Hall–Kier alpha value is -3.59. The summed E-state index contributed by atoms with van der Waals surface area (Å²) in [7, 11) is 1.52. The molecular weight excluding hydrogens is 418 g/mol. The minimum atomic E-state index is -0.785. The molecule has 2 aromatic carbocycles. The molecule has 5 rings (SSSR count). The highest BCUT2D eigenvalue weighted by Crippen LogP contribution is 2.54. The van der Waals surface area contributed by atoms with Gasteiger partial charge in [0.2, 0.25) is 11.8 Å². The number of imide groups is 1. The molecule has 3 heterocycles. The number of hydrogen-bond donors (Lipinski definition) is 2. The Labute approximate surface area is 181 Å². The number of hydrogen-bond acceptors (Lipinski definition) is 7. The molecule has 1 fully saturated rings. The summed E-state index contributed by atoms with van der Waals surface area (Å²) >= 11 is 1.02. The van der Waals surface area contributed by atoms with E-state index in [0.29, 0.717) is 22.6 Å². The number of nitrogens with two attached hydrogens (primary N) is 1. The third-order valence-electron chi connectivity index (χ3n) is 5.78. The molecule has 1 saturated heterocycles. The number of amides is 3. The number of nitrogens with one attached hydrogen (secondary N) is 1. The fraction of sp³-hybridized carbons (Fsp3) is 0.182. The molecule has 3 atom stereocenters. The second kappa shape index (κ2) is 6.98. The third-order valence-corrected chi connectivity index (χ3v) is 7.00. The van der Waals surface area contributed by atoms with Gasteiger partial charge in [0.15, 0.2) is 0 Å². The zero-order valence-corrected chi connectivity index (χ0v) is 17.1. The Balaban J connectivity index is 1.58. The Bertz CT molecular complexity index is 1190. The van der Waals surface area contributed by atoms with Gasteiger partial charge in [-0.1, -0.05) is 30.0 Å². The summed E-state index contributed by atoms with van der Waals surface area (Å²) in [5.74, 6) is -2.74. The molecule has 0 saturated carbocycles. The molecule has 3 amide bonds. The smallest absolute Gasteiger partial charge is 0.342 e. The number of carbonyl (C=O) groups excluding carboxylic acids is 4. The van der Waals surface area contributed by atoms with Crippen molar-refractivity contribution in [1.29, 1.82) is 0 Å². The van der Waals surface area contributed by atoms with Crippen molar-refractivity contribution in [3.05, 3.63) is 70.3 Å². The SMILES string of the molecule is CNC(=O)c1ccc(N2C(=O)[C@@H]3[C@@H](SC(N)=C4C(=O)Oc5ccccc5[C@H]43)C2=O)cc1. The molecule has 0 aliphatic carbocycles. The standard InChI is InChI=1S/C22H17N3O5S/c1-24-19(26)10-6-8-11(9-7-10)25-20(27)15-14-12-4-2-3-5-13(12)30-22(29)16(14)18(23)31-17(15)21(25)28/h2-9,14-15,17H,23H2,1H3,(H,24,26)/t14-,15-,17+/m0/s1. The predicted octanol–water partition coefficient (Wildman–Crippen LogP) is 1.52. The van der Waals surface area contributed by atoms with E-state index in [0.717, 1.165) is 16.7 Å². The lowest BCUT2D eigenvalue weighted by Crippen LogP contribution is -2.39. The maximum atomic E-state index is 13.5. The van der Waals surface area contributed by atoms with E-state index in [4.69, 9.17) is 10.5 Å². The second-order valence-corrected chi connectivity index (χ2v) is 8.57. The fourth-order valence-electron chi connectivity index (χ4n) is 4.36. The normalized spacial score (nSPS) is 24.4. The van der Waals surface area contributed by atoms with Gasteiger partial charge in [-0.25, -0.2) is 9.69 Å². The Morgan fingerprint density at radius 1 is 1.06 bits per heavy atom. The molecule has 31 heavy (non-hydrogen) atoms. The van der Waals surface area contributed by atoms with Gasteiger partial charge in [0.1, 0.15) is 11.0 Å². The fourth-order valence-corrected chi connectivity index (χ4v) is 5.60. The van der Waals surface area contributed by atoms with Gasteiger partial charge in [-0.3, -0.25) is 14.4 Å². The molecule has 3 N–H and O–H groups in total. The van der Waals surface area contributed by atoms with Crippen molar-refractivity contribution in [2.45, 2.75) is 11.2 Å². The topological polar surface area (TPSA) is 119 Å². The van der Waals surface area contributed by atoms with Gasteiger partial charge in [0.05, 0.1) is 22.2 Å². The lowest BCUT2D eigenvalue weighted by Gasteiger charge is -2.36. The van der Waals surface area contributed by atoms with Crippen LogP contribution < -0.4 is 20.7 Å². The van der Waals surface area contributed by atoms with Gasteiger partial charge < -0.3 is 15.8 Å². The number of ether oxygens (including phenoxy) is 1. The number of esters is 1. The third kappa shape index (κ3) is 2.77. The van der Waals surface area contributed by atoms with Crippen molar-refractivity contribution in [1.82, 2.24) is 5.32 Å². The number of fused-ring (bicyclic) bond motifs is 5. The number of carbonyl (C=O) groups is 4. The van der Waals surface area contributed by atoms with Crippen LogP contribution in [0.25, 0.3) is 0 Å². The molecule has 9 heteroatoms. The quantitative estimate of drug-likeness (QED) is 0.417. The molecule has 0 aromatic heterocycles. The monoisotopic (exact) mass is 435 g/mol. The van der Waals surface area contributed by atoms with Gasteiger partial charge >= 0.3 is 5.97 Å². The Morgan fingerprint density at radius 3 is 2.48 bits per heavy atom. The van der Waals surface area contributed by atoms with E-state index in [1.54, 1.807) is 48.5 Å². The largest absolute Gasteiger partial charge is 0.423 e. The first-order valence-corrected chi connectivity index (χ1v) is 10.5. The Kier molecular flexibility index (Phi) is 4.37. The predicted molar refractivity (Wildman–Crippen MR) is 113 cm³/mol. The first-order valence-electron chi connectivity index (χ1n) is 9.59. The summed E-state index contributed by atoms with van der Waals surface area (Å²) in [6.45, 7) is 0. The number of benzene rings is 2. The van der Waals surface area contributed by atoms with Crippen LogP contribution in [-0.2, 0) is 14.4 Å². The average Bonchev–Trinajstić information content (AvgIpc) is 3.02. The van der Waals surface area contributed by atoms with E-state index in [1.807, 2.05) is 0 Å². The maximum absolute atomic E-state index is 13.5. The molecule has 8 nitrogen and oxygen atoms in total. The highest BCUT2D eigenvalue weighted by Gasteiger charge is 2.58. The number of rotatable bonds is 2. The highest BCUT2D eigenvalue weighted by molar-refractivity contribution is 8.04. The van der Waals surface area contributed by atoms with Crippen LogP contribution in [0.3, 0.4) is 0 Å². The molecule has 2 aromatic rings. The van der Waals surface area contributed by atoms with Crippen LogP contribution in [0.5, 0.6) is 5.75 Å². The van der Waals surface area contributed by atoms with E-state index in [-0.39, 0.29) is 16.5 Å². The van der Waals surface area contributed by atoms with Crippen molar-refractivity contribution in [3.8, 4) is 5.75 Å². The number of thioether (sulfide) groups is 1. The van der Waals surface area contributed by atoms with Gasteiger partial charge in [-0.2, -0.15) is 0 Å². The van der Waals surface area contributed by atoms with Crippen molar-refractivity contribution in [2.24, 2.45) is 11.7 Å². The lowest BCUT2D eigenvalue weighted by atomic mass is 9.77. The van der Waals surface area contributed by atoms with Crippen LogP contribution in [0.4, 0.5) is 5.69 Å². The van der Waals surface area contributed by atoms with Crippen LogP contribution in [0, 0.1) is 5.92 Å². The van der Waals surface area contributed by atoms with Crippen molar-refractivity contribution in [2.75, 3.05) is 11.9 Å². The van der Waals surface area contributed by atoms with Crippen molar-refractivity contribution >= 4 is 41.1 Å². The molecule has 0 unspecified atom stereocenters. The first-order chi connectivity index (χ1) is 14.9. The van der Waals surface area contributed by atoms with Crippen LogP contribution in [-0.4, -0.2) is 36.0 Å². The molecule has 3 aliphatic heterocycles. The molecule has 3 aliphatic rings. The number of anilines is 1. The minimum Gasteiger partial charge on any atom is -0.423 e. The van der Waals surface area contributed by atoms with Gasteiger partial charge in [0, 0.05) is 24.1 Å². The number of nitrogens with zero attached hydrogens (tertiary/aromatic N) is 1. The lowest BCUT2D eigenvalue weighted by molar-refractivity contribution is -0.131. The van der Waals surface area contributed by atoms with Crippen LogP contribution in [0.2, 0.25) is 0 Å². The highest BCUT2D eigenvalue weighted by atomic mass is 32.2. The number of para-hydroxylation sites is 1. The van der Waals surface area contributed by atoms with Crippen LogP contribution in [0.1, 0.15) is 21.8 Å². The summed E-state index contributed by atoms with van der Waals surface area (Å²) in [5, 5.41) is 1.97. The Morgan fingerprint density at radius 2 is 1.77 bits per heavy atom. The minimum absolute atomic E-state index is 0.198. The maximum Gasteiger partial charge on any atom is 0.342 e. The molecule has 0 bridgehead atoms. The molecule has 0 radical (unpaired) electrons. The van der Waals surface area contributed by atoms with E-state index >= 15 is 0 Å². The zero-order chi connectivity index (χ0) is 21.9. The zero-order valence-electron chi connectivity index (χ0n) is 16.3. The van der Waals surface area contributed by atoms with Crippen LogP contribution in [0.15, 0.2) is 59.1 Å². The van der Waals surface area contributed by atoms with Gasteiger partial charge in [-0.05, 0) is 30.3 Å². The summed E-state index contributed by atoms with van der Waals surface area (Å²) in [5.41, 5.74) is 7.83. The van der Waals surface area contributed by atoms with Gasteiger partial charge in [0.25, 0.3) is 5.91 Å². The summed E-state index contributed by atoms with van der Waals surface area (Å²) < 4.78 is 5.40. The van der Waals surface area contributed by atoms with Crippen LogP contribution >= 0.6 is 11.8 Å². The van der Waals surface area contributed by atoms with E-state index in [9.17, 15) is 19.2 Å². The molecule has 156 valence electrons. The van der Waals surface area contributed by atoms with Crippen molar-refractivity contribution in [3.63, 3.8) is 0 Å². The van der Waals surface area contributed by atoms with Crippen molar-refractivity contribution < 1.29 is 23.9 Å². The van der Waals surface area contributed by atoms with E-state index < -0.39 is 34.9 Å². The summed E-state index contributed by atoms with van der Waals surface area (Å²) in [6.07, 6.45) is 0. The first kappa shape index (κ1) is 19.4.